The third-order valence-electron chi connectivity index (χ3n) is 5.11. The lowest BCUT2D eigenvalue weighted by Crippen LogP contribution is -2.42. The van der Waals surface area contributed by atoms with Crippen molar-refractivity contribution in [2.75, 3.05) is 32.7 Å². The Morgan fingerprint density at radius 3 is 2.52 bits per heavy atom. The smallest absolute Gasteiger partial charge is 0.191 e. The van der Waals surface area contributed by atoms with Gasteiger partial charge in [0.25, 0.3) is 0 Å². The van der Waals surface area contributed by atoms with Gasteiger partial charge in [-0.25, -0.2) is 9.07 Å². The number of halogens is 2. The van der Waals surface area contributed by atoms with Crippen LogP contribution in [-0.4, -0.2) is 59.4 Å². The zero-order valence-corrected chi connectivity index (χ0v) is 21.6. The third kappa shape index (κ3) is 9.99. The molecule has 0 saturated heterocycles. The average Bonchev–Trinajstić information content (AvgIpc) is 3.21. The number of rotatable bonds is 12. The van der Waals surface area contributed by atoms with Crippen molar-refractivity contribution in [2.24, 2.45) is 4.99 Å². The highest BCUT2D eigenvalue weighted by molar-refractivity contribution is 14.0. The summed E-state index contributed by atoms with van der Waals surface area (Å²) in [6.45, 7) is 13.6. The van der Waals surface area contributed by atoms with Crippen LogP contribution in [-0.2, 0) is 6.42 Å². The molecule has 0 spiro atoms. The van der Waals surface area contributed by atoms with Crippen molar-refractivity contribution in [3.8, 4) is 5.69 Å². The Balaban J connectivity index is 0.00000480. The van der Waals surface area contributed by atoms with Crippen LogP contribution in [0.3, 0.4) is 0 Å². The zero-order valence-electron chi connectivity index (χ0n) is 19.3. The molecule has 0 aliphatic heterocycles. The fourth-order valence-corrected chi connectivity index (χ4v) is 3.30. The molecule has 2 N–H and O–H groups in total. The highest BCUT2D eigenvalue weighted by Gasteiger charge is 2.07. The fourth-order valence-electron chi connectivity index (χ4n) is 3.30. The summed E-state index contributed by atoms with van der Waals surface area (Å²) in [6.07, 6.45) is 4.94. The van der Waals surface area contributed by atoms with Gasteiger partial charge in [0.15, 0.2) is 5.96 Å². The van der Waals surface area contributed by atoms with E-state index >= 15 is 0 Å². The maximum atomic E-state index is 13.1. The number of hydrogen-bond donors (Lipinski definition) is 2. The van der Waals surface area contributed by atoms with Crippen LogP contribution >= 0.6 is 24.0 Å². The summed E-state index contributed by atoms with van der Waals surface area (Å²) >= 11 is 0. The predicted molar refractivity (Wildman–Crippen MR) is 138 cm³/mol. The second-order valence-corrected chi connectivity index (χ2v) is 7.45. The number of nitrogens with one attached hydrogen (secondary N) is 2. The molecular formula is C23H38FIN6. The molecular weight excluding hydrogens is 506 g/mol. The predicted octanol–water partition coefficient (Wildman–Crippen LogP) is 4.24. The van der Waals surface area contributed by atoms with E-state index in [1.54, 1.807) is 16.8 Å². The molecule has 0 radical (unpaired) electrons. The summed E-state index contributed by atoms with van der Waals surface area (Å²) in [6, 6.07) is 8.68. The molecule has 0 aliphatic carbocycles. The molecule has 1 heterocycles. The molecule has 6 nitrogen and oxygen atoms in total. The highest BCUT2D eigenvalue weighted by atomic mass is 127. The van der Waals surface area contributed by atoms with E-state index in [4.69, 9.17) is 4.99 Å². The maximum Gasteiger partial charge on any atom is 0.191 e. The van der Waals surface area contributed by atoms with Gasteiger partial charge in [-0.2, -0.15) is 5.10 Å². The van der Waals surface area contributed by atoms with Crippen LogP contribution in [0.15, 0.2) is 41.5 Å². The van der Waals surface area contributed by atoms with Gasteiger partial charge in [0.2, 0.25) is 0 Å². The van der Waals surface area contributed by atoms with Gasteiger partial charge in [-0.3, -0.25) is 4.99 Å². The number of guanidine groups is 1. The first kappa shape index (κ1) is 27.4. The van der Waals surface area contributed by atoms with E-state index in [2.05, 4.69) is 48.3 Å². The van der Waals surface area contributed by atoms with Gasteiger partial charge < -0.3 is 15.5 Å². The summed E-state index contributed by atoms with van der Waals surface area (Å²) in [7, 11) is 0. The first-order valence-corrected chi connectivity index (χ1v) is 11.1. The Kier molecular flexibility index (Phi) is 13.4. The van der Waals surface area contributed by atoms with Gasteiger partial charge in [0.1, 0.15) is 5.82 Å². The molecule has 174 valence electrons. The molecule has 2 aromatic rings. The first-order chi connectivity index (χ1) is 14.5. The van der Waals surface area contributed by atoms with Crippen molar-refractivity contribution in [1.82, 2.24) is 25.3 Å². The van der Waals surface area contributed by atoms with Gasteiger partial charge >= 0.3 is 0 Å². The van der Waals surface area contributed by atoms with Crippen molar-refractivity contribution in [3.63, 3.8) is 0 Å². The molecule has 1 unspecified atom stereocenters. The normalized spacial score (nSPS) is 12.5. The first-order valence-electron chi connectivity index (χ1n) is 11.1. The molecule has 1 aromatic heterocycles. The monoisotopic (exact) mass is 544 g/mol. The highest BCUT2D eigenvalue weighted by Crippen LogP contribution is 2.09. The Morgan fingerprint density at radius 2 is 1.87 bits per heavy atom. The van der Waals surface area contributed by atoms with Crippen molar-refractivity contribution in [1.29, 1.82) is 0 Å². The molecule has 0 fully saturated rings. The van der Waals surface area contributed by atoms with E-state index in [0.717, 1.165) is 56.4 Å². The van der Waals surface area contributed by atoms with Gasteiger partial charge in [0.05, 0.1) is 11.4 Å². The average molecular weight is 545 g/mol. The van der Waals surface area contributed by atoms with Crippen LogP contribution in [0.1, 0.15) is 46.2 Å². The van der Waals surface area contributed by atoms with Crippen molar-refractivity contribution in [2.45, 2.75) is 53.0 Å². The summed E-state index contributed by atoms with van der Waals surface area (Å²) in [4.78, 5) is 7.16. The van der Waals surface area contributed by atoms with Gasteiger partial charge in [-0.15, -0.1) is 24.0 Å². The van der Waals surface area contributed by atoms with E-state index in [-0.39, 0.29) is 29.8 Å². The maximum absolute atomic E-state index is 13.1. The standard InChI is InChI=1S/C23H37FN6.HI/c1-5-25-23(27-19(4)9-8-17-29(6-2)7-3)26-16-14-21-15-18-30(28-21)22-12-10-20(24)11-13-22;/h10-13,15,18-19H,5-9,14,16-17H2,1-4H3,(H2,25,26,27);1H. The van der Waals surface area contributed by atoms with Crippen LogP contribution in [0.4, 0.5) is 4.39 Å². The molecule has 1 aromatic carbocycles. The second kappa shape index (κ2) is 15.2. The van der Waals surface area contributed by atoms with Gasteiger partial charge in [-0.05, 0) is 76.7 Å². The second-order valence-electron chi connectivity index (χ2n) is 7.45. The zero-order chi connectivity index (χ0) is 21.8. The van der Waals surface area contributed by atoms with Gasteiger partial charge in [-0.1, -0.05) is 13.8 Å². The number of hydrogen-bond acceptors (Lipinski definition) is 3. The van der Waals surface area contributed by atoms with Crippen molar-refractivity contribution >= 4 is 29.9 Å². The Morgan fingerprint density at radius 1 is 1.16 bits per heavy atom. The molecule has 0 aliphatic rings. The minimum Gasteiger partial charge on any atom is -0.357 e. The summed E-state index contributed by atoms with van der Waals surface area (Å²) < 4.78 is 14.8. The van der Waals surface area contributed by atoms with E-state index in [0.29, 0.717) is 12.6 Å². The molecule has 2 rings (SSSR count). The number of aromatic nitrogens is 2. The Hall–Kier alpha value is -1.68. The molecule has 31 heavy (non-hydrogen) atoms. The Bertz CT molecular complexity index is 758. The summed E-state index contributed by atoms with van der Waals surface area (Å²) in [5.41, 5.74) is 1.81. The van der Waals surface area contributed by atoms with Crippen molar-refractivity contribution in [3.05, 3.63) is 48.0 Å². The lowest BCUT2D eigenvalue weighted by Gasteiger charge is -2.21. The minimum atomic E-state index is -0.244. The number of nitrogens with zero attached hydrogens (tertiary/aromatic N) is 4. The van der Waals surface area contributed by atoms with E-state index < -0.39 is 0 Å². The molecule has 1 atom stereocenters. The van der Waals surface area contributed by atoms with Crippen LogP contribution in [0.5, 0.6) is 0 Å². The lowest BCUT2D eigenvalue weighted by atomic mass is 10.2. The summed E-state index contributed by atoms with van der Waals surface area (Å²) in [5.74, 6) is 0.608. The van der Waals surface area contributed by atoms with Crippen LogP contribution in [0.25, 0.3) is 5.69 Å². The van der Waals surface area contributed by atoms with E-state index in [1.165, 1.54) is 18.6 Å². The molecule has 0 bridgehead atoms. The number of aliphatic imine (C=N–C) groups is 1. The summed E-state index contributed by atoms with van der Waals surface area (Å²) in [5, 5.41) is 11.4. The number of benzene rings is 1. The molecule has 0 saturated carbocycles. The third-order valence-corrected chi connectivity index (χ3v) is 5.11. The Labute approximate surface area is 203 Å². The van der Waals surface area contributed by atoms with Gasteiger partial charge in [0, 0.05) is 31.7 Å². The minimum absolute atomic E-state index is 0. The SMILES string of the molecule is CCNC(=NCCc1ccn(-c2ccc(F)cc2)n1)NC(C)CCCN(CC)CC.I. The fraction of sp³-hybridized carbons (Fsp3) is 0.565. The van der Waals surface area contributed by atoms with Crippen LogP contribution in [0, 0.1) is 5.82 Å². The molecule has 8 heteroatoms. The largest absolute Gasteiger partial charge is 0.357 e. The molecule has 0 amide bonds. The van der Waals surface area contributed by atoms with Crippen LogP contribution < -0.4 is 10.6 Å². The van der Waals surface area contributed by atoms with Crippen LogP contribution in [0.2, 0.25) is 0 Å². The van der Waals surface area contributed by atoms with E-state index in [1.807, 2.05) is 12.3 Å². The lowest BCUT2D eigenvalue weighted by molar-refractivity contribution is 0.292. The quantitative estimate of drug-likeness (QED) is 0.239. The van der Waals surface area contributed by atoms with E-state index in [9.17, 15) is 4.39 Å². The topological polar surface area (TPSA) is 57.5 Å². The van der Waals surface area contributed by atoms with Crippen molar-refractivity contribution < 1.29 is 4.39 Å².